The summed E-state index contributed by atoms with van der Waals surface area (Å²) < 4.78 is 1.39. The van der Waals surface area contributed by atoms with Crippen LogP contribution in [0.2, 0.25) is 0 Å². The van der Waals surface area contributed by atoms with Crippen LogP contribution in [0, 0.1) is 6.92 Å². The maximum atomic E-state index is 12.8. The first-order valence-corrected chi connectivity index (χ1v) is 9.97. The quantitative estimate of drug-likeness (QED) is 0.801. The van der Waals surface area contributed by atoms with Gasteiger partial charge < -0.3 is 10.4 Å². The maximum absolute atomic E-state index is 12.8. The number of nitrogens with one attached hydrogen (secondary N) is 1. The molecule has 1 heterocycles. The average molecular weight is 382 g/mol. The van der Waals surface area contributed by atoms with Gasteiger partial charge in [0.15, 0.2) is 5.54 Å². The lowest BCUT2D eigenvalue weighted by atomic mass is 9.95. The summed E-state index contributed by atoms with van der Waals surface area (Å²) in [5.74, 6) is -0.640. The lowest BCUT2D eigenvalue weighted by Crippen LogP contribution is -2.41. The van der Waals surface area contributed by atoms with Crippen molar-refractivity contribution in [1.82, 2.24) is 14.8 Å². The molecule has 0 saturated carbocycles. The van der Waals surface area contributed by atoms with Gasteiger partial charge in [0.05, 0.1) is 0 Å². The molecule has 0 radical (unpaired) electrons. The molecule has 0 spiro atoms. The van der Waals surface area contributed by atoms with Gasteiger partial charge >= 0.3 is 5.97 Å². The molecule has 2 N–H and O–H groups in total. The van der Waals surface area contributed by atoms with Crippen LogP contribution in [-0.4, -0.2) is 31.7 Å². The Morgan fingerprint density at radius 1 is 1.18 bits per heavy atom. The second-order valence-corrected chi connectivity index (χ2v) is 8.08. The van der Waals surface area contributed by atoms with Crippen LogP contribution in [0.1, 0.15) is 60.7 Å². The third kappa shape index (κ3) is 3.08. The van der Waals surface area contributed by atoms with Crippen molar-refractivity contribution < 1.29 is 14.7 Å². The van der Waals surface area contributed by atoms with E-state index in [9.17, 15) is 14.7 Å². The third-order valence-electron chi connectivity index (χ3n) is 6.22. The van der Waals surface area contributed by atoms with Gasteiger partial charge in [0.2, 0.25) is 5.91 Å². The molecule has 7 nitrogen and oxygen atoms in total. The van der Waals surface area contributed by atoms with Gasteiger partial charge in [-0.3, -0.25) is 4.79 Å². The van der Waals surface area contributed by atoms with Crippen LogP contribution in [0.25, 0.3) is 0 Å². The number of hydrogen-bond acceptors (Lipinski definition) is 4. The van der Waals surface area contributed by atoms with Gasteiger partial charge in [-0.05, 0) is 81.0 Å². The number of rotatable bonds is 6. The second kappa shape index (κ2) is 7.04. The van der Waals surface area contributed by atoms with Crippen molar-refractivity contribution in [1.29, 1.82) is 0 Å². The van der Waals surface area contributed by atoms with E-state index in [-0.39, 0.29) is 18.7 Å². The number of carbonyl (C=O) groups is 2. The van der Waals surface area contributed by atoms with E-state index in [1.807, 2.05) is 0 Å². The summed E-state index contributed by atoms with van der Waals surface area (Å²) in [7, 11) is 0. The van der Waals surface area contributed by atoms with Gasteiger partial charge in [0, 0.05) is 12.1 Å². The monoisotopic (exact) mass is 382 g/mol. The van der Waals surface area contributed by atoms with E-state index in [4.69, 9.17) is 0 Å². The molecule has 1 amide bonds. The number of aliphatic carboxylic acids is 1. The minimum atomic E-state index is -1.31. The van der Waals surface area contributed by atoms with Crippen LogP contribution in [0.15, 0.2) is 12.4 Å². The molecular weight excluding hydrogens is 356 g/mol. The molecule has 1 aromatic carbocycles. The number of hydrogen-bond donors (Lipinski definition) is 2. The zero-order chi connectivity index (χ0) is 19.9. The number of benzene rings is 1. The molecule has 1 atom stereocenters. The molecule has 0 aliphatic heterocycles. The van der Waals surface area contributed by atoms with Crippen LogP contribution >= 0.6 is 0 Å². The third-order valence-corrected chi connectivity index (χ3v) is 6.22. The smallest absolute Gasteiger partial charge is 0.331 e. The first-order chi connectivity index (χ1) is 13.4. The molecule has 2 aliphatic carbocycles. The Hall–Kier alpha value is -2.70. The minimum absolute atomic E-state index is 0.112. The number of fused-ring (bicyclic) bond motifs is 2. The first kappa shape index (κ1) is 18.7. The Kier molecular flexibility index (Phi) is 4.69. The Balaban J connectivity index is 1.53. The van der Waals surface area contributed by atoms with Gasteiger partial charge in [-0.1, -0.05) is 6.07 Å². The average Bonchev–Trinajstić information content (AvgIpc) is 3.39. The predicted octanol–water partition coefficient (Wildman–Crippen LogP) is 2.78. The van der Waals surface area contributed by atoms with E-state index in [2.05, 4.69) is 21.5 Å². The molecule has 1 aromatic heterocycles. The lowest BCUT2D eigenvalue weighted by Gasteiger charge is -2.26. The summed E-state index contributed by atoms with van der Waals surface area (Å²) >= 11 is 0. The van der Waals surface area contributed by atoms with Gasteiger partial charge in [-0.25, -0.2) is 14.5 Å². The molecular formula is C21H26N4O3. The highest BCUT2D eigenvalue weighted by Gasteiger charge is 2.38. The Morgan fingerprint density at radius 2 is 1.82 bits per heavy atom. The fourth-order valence-corrected chi connectivity index (χ4v) is 4.61. The molecule has 0 bridgehead atoms. The summed E-state index contributed by atoms with van der Waals surface area (Å²) in [5, 5.41) is 17.0. The van der Waals surface area contributed by atoms with Crippen LogP contribution in [0.4, 0.5) is 5.69 Å². The van der Waals surface area contributed by atoms with Crippen molar-refractivity contribution in [3.63, 3.8) is 0 Å². The van der Waals surface area contributed by atoms with Crippen LogP contribution in [0.5, 0.6) is 0 Å². The maximum Gasteiger partial charge on any atom is 0.331 e. The number of aromatic nitrogens is 3. The summed E-state index contributed by atoms with van der Waals surface area (Å²) in [6, 6.07) is 2.33. The molecule has 0 saturated heterocycles. The largest absolute Gasteiger partial charge is 0.479 e. The van der Waals surface area contributed by atoms with E-state index < -0.39 is 11.5 Å². The Bertz CT molecular complexity index is 917. The summed E-state index contributed by atoms with van der Waals surface area (Å²) in [6.07, 6.45) is 8.02. The molecule has 28 heavy (non-hydrogen) atoms. The Morgan fingerprint density at radius 3 is 2.36 bits per heavy atom. The highest BCUT2D eigenvalue weighted by Crippen LogP contribution is 2.38. The predicted molar refractivity (Wildman–Crippen MR) is 104 cm³/mol. The normalized spacial score (nSPS) is 17.1. The number of carbonyl (C=O) groups excluding carboxylic acids is 1. The number of amides is 1. The van der Waals surface area contributed by atoms with Crippen molar-refractivity contribution >= 4 is 17.6 Å². The van der Waals surface area contributed by atoms with E-state index in [0.29, 0.717) is 5.82 Å². The molecule has 2 aromatic rings. The fraction of sp³-hybridized carbons (Fsp3) is 0.524. The molecule has 2 aliphatic rings. The number of anilines is 1. The molecule has 4 rings (SSSR count). The SMILES string of the molecule is Cc1ncnn1C(C)(CCC(=O)Nc1c2c(cc3c1CCC3)CCC2)C(=O)O. The highest BCUT2D eigenvalue weighted by atomic mass is 16.4. The molecule has 1 unspecified atom stereocenters. The molecule has 7 heteroatoms. The van der Waals surface area contributed by atoms with E-state index in [1.54, 1.807) is 13.8 Å². The zero-order valence-electron chi connectivity index (χ0n) is 16.4. The summed E-state index contributed by atoms with van der Waals surface area (Å²) in [4.78, 5) is 28.7. The number of carboxylic acid groups (broad SMARTS) is 1. The standard InChI is InChI=1S/C21H26N4O3/c1-13-22-12-23-25(13)21(2,20(27)28)10-9-18(26)24-19-16-7-3-5-14(16)11-15-6-4-8-17(15)19/h11-12H,3-10H2,1-2H3,(H,24,26)(H,27,28). The number of carboxylic acids is 1. The number of nitrogens with zero attached hydrogens (tertiary/aromatic N) is 3. The van der Waals surface area contributed by atoms with Gasteiger partial charge in [0.1, 0.15) is 12.2 Å². The van der Waals surface area contributed by atoms with Crippen molar-refractivity contribution in [3.8, 4) is 0 Å². The fourth-order valence-electron chi connectivity index (χ4n) is 4.61. The van der Waals surface area contributed by atoms with Crippen molar-refractivity contribution in [2.24, 2.45) is 0 Å². The van der Waals surface area contributed by atoms with Crippen molar-refractivity contribution in [2.45, 2.75) is 70.8 Å². The summed E-state index contributed by atoms with van der Waals surface area (Å²) in [5.41, 5.74) is 4.98. The first-order valence-electron chi connectivity index (χ1n) is 9.97. The van der Waals surface area contributed by atoms with Crippen LogP contribution in [-0.2, 0) is 40.8 Å². The molecule has 0 fully saturated rings. The van der Waals surface area contributed by atoms with E-state index >= 15 is 0 Å². The number of aryl methyl sites for hydroxylation is 3. The minimum Gasteiger partial charge on any atom is -0.479 e. The topological polar surface area (TPSA) is 97.1 Å². The zero-order valence-corrected chi connectivity index (χ0v) is 16.4. The summed E-state index contributed by atoms with van der Waals surface area (Å²) in [6.45, 7) is 3.30. The second-order valence-electron chi connectivity index (χ2n) is 8.08. The van der Waals surface area contributed by atoms with Crippen molar-refractivity contribution in [3.05, 3.63) is 40.5 Å². The van der Waals surface area contributed by atoms with Crippen LogP contribution < -0.4 is 5.32 Å². The highest BCUT2D eigenvalue weighted by molar-refractivity contribution is 5.93. The Labute approximate surface area is 164 Å². The van der Waals surface area contributed by atoms with Crippen LogP contribution in [0.3, 0.4) is 0 Å². The van der Waals surface area contributed by atoms with Gasteiger partial charge in [0.25, 0.3) is 0 Å². The lowest BCUT2D eigenvalue weighted by molar-refractivity contribution is -0.147. The van der Waals surface area contributed by atoms with E-state index in [1.165, 1.54) is 33.3 Å². The van der Waals surface area contributed by atoms with Gasteiger partial charge in [-0.15, -0.1) is 0 Å². The van der Waals surface area contributed by atoms with Gasteiger partial charge in [-0.2, -0.15) is 5.10 Å². The molecule has 148 valence electrons. The van der Waals surface area contributed by atoms with Crippen molar-refractivity contribution in [2.75, 3.05) is 5.32 Å². The van der Waals surface area contributed by atoms with E-state index in [0.717, 1.165) is 44.2 Å².